The molecule has 0 saturated heterocycles. The van der Waals surface area contributed by atoms with Crippen LogP contribution in [0.15, 0.2) is 6.20 Å². The fourth-order valence-corrected chi connectivity index (χ4v) is 2.30. The van der Waals surface area contributed by atoms with E-state index >= 15 is 0 Å². The zero-order valence-corrected chi connectivity index (χ0v) is 15.1. The topological polar surface area (TPSA) is 75.6 Å². The lowest BCUT2D eigenvalue weighted by molar-refractivity contribution is 0.0293. The highest BCUT2D eigenvalue weighted by atomic mass is 16.6. The van der Waals surface area contributed by atoms with Gasteiger partial charge in [0, 0.05) is 32.3 Å². The van der Waals surface area contributed by atoms with Gasteiger partial charge in [-0.25, -0.2) is 4.79 Å². The summed E-state index contributed by atoms with van der Waals surface area (Å²) in [6.45, 7) is 9.98. The Morgan fingerprint density at radius 1 is 1.35 bits per heavy atom. The van der Waals surface area contributed by atoms with Crippen LogP contribution in [0.3, 0.4) is 0 Å². The SMILES string of the molecule is Cc1cnc(C)c([C@@H](CCO)CCN(C)C(=O)OC(C)(C)C)n1. The molecule has 0 saturated carbocycles. The standard InChI is InChI=1S/C17H29N3O3/c1-12-11-18-13(2)15(19-12)14(8-10-21)7-9-20(6)16(22)23-17(3,4)5/h11,14,21H,7-10H2,1-6H3/t14-/m1/s1. The first kappa shape index (κ1) is 19.4. The van der Waals surface area contributed by atoms with Gasteiger partial charge in [-0.1, -0.05) is 0 Å². The quantitative estimate of drug-likeness (QED) is 0.871. The molecule has 6 nitrogen and oxygen atoms in total. The number of aromatic nitrogens is 2. The number of aliphatic hydroxyl groups is 1. The molecule has 0 spiro atoms. The second-order valence-corrected chi connectivity index (χ2v) is 6.88. The maximum absolute atomic E-state index is 12.0. The molecule has 0 radical (unpaired) electrons. The Balaban J connectivity index is 2.73. The predicted molar refractivity (Wildman–Crippen MR) is 89.4 cm³/mol. The third-order valence-corrected chi connectivity index (χ3v) is 3.49. The van der Waals surface area contributed by atoms with Crippen molar-refractivity contribution in [3.05, 3.63) is 23.3 Å². The summed E-state index contributed by atoms with van der Waals surface area (Å²) in [4.78, 5) is 22.5. The van der Waals surface area contributed by atoms with Crippen molar-refractivity contribution in [2.75, 3.05) is 20.2 Å². The van der Waals surface area contributed by atoms with Crippen molar-refractivity contribution in [1.82, 2.24) is 14.9 Å². The zero-order chi connectivity index (χ0) is 17.6. The molecular weight excluding hydrogens is 294 g/mol. The number of rotatable bonds is 6. The van der Waals surface area contributed by atoms with Crippen LogP contribution in [0.25, 0.3) is 0 Å². The van der Waals surface area contributed by atoms with E-state index in [1.807, 2.05) is 34.6 Å². The third-order valence-electron chi connectivity index (χ3n) is 3.49. The van der Waals surface area contributed by atoms with Gasteiger partial charge in [0.05, 0.1) is 17.1 Å². The highest BCUT2D eigenvalue weighted by Crippen LogP contribution is 2.24. The van der Waals surface area contributed by atoms with E-state index < -0.39 is 5.60 Å². The summed E-state index contributed by atoms with van der Waals surface area (Å²) in [5.41, 5.74) is 2.12. The first-order valence-corrected chi connectivity index (χ1v) is 7.99. The Hall–Kier alpha value is -1.69. The number of nitrogens with zero attached hydrogens (tertiary/aromatic N) is 3. The van der Waals surface area contributed by atoms with Crippen LogP contribution in [-0.4, -0.2) is 51.9 Å². The molecule has 0 unspecified atom stereocenters. The number of aryl methyl sites for hydroxylation is 2. The highest BCUT2D eigenvalue weighted by Gasteiger charge is 2.22. The van der Waals surface area contributed by atoms with Crippen LogP contribution in [0.1, 0.15) is 56.6 Å². The zero-order valence-electron chi connectivity index (χ0n) is 15.1. The normalized spacial score (nSPS) is 12.8. The summed E-state index contributed by atoms with van der Waals surface area (Å²) in [6.07, 6.45) is 2.70. The van der Waals surface area contributed by atoms with Gasteiger partial charge in [-0.2, -0.15) is 0 Å². The van der Waals surface area contributed by atoms with Gasteiger partial charge < -0.3 is 14.7 Å². The smallest absolute Gasteiger partial charge is 0.410 e. The lowest BCUT2D eigenvalue weighted by Crippen LogP contribution is -2.35. The van der Waals surface area contributed by atoms with Crippen molar-refractivity contribution in [3.63, 3.8) is 0 Å². The largest absolute Gasteiger partial charge is 0.444 e. The maximum Gasteiger partial charge on any atom is 0.410 e. The summed E-state index contributed by atoms with van der Waals surface area (Å²) < 4.78 is 5.35. The monoisotopic (exact) mass is 323 g/mol. The minimum atomic E-state index is -0.506. The van der Waals surface area contributed by atoms with Crippen LogP contribution in [-0.2, 0) is 4.74 Å². The molecule has 1 aromatic rings. The second-order valence-electron chi connectivity index (χ2n) is 6.88. The number of aliphatic hydroxyl groups excluding tert-OH is 1. The van der Waals surface area contributed by atoms with Crippen LogP contribution in [0, 0.1) is 13.8 Å². The molecule has 0 aliphatic heterocycles. The Morgan fingerprint density at radius 2 is 2.00 bits per heavy atom. The van der Waals surface area contributed by atoms with Crippen molar-refractivity contribution in [2.45, 2.75) is 59.0 Å². The van der Waals surface area contributed by atoms with Crippen molar-refractivity contribution in [1.29, 1.82) is 0 Å². The van der Waals surface area contributed by atoms with E-state index in [9.17, 15) is 9.90 Å². The lowest BCUT2D eigenvalue weighted by atomic mass is 9.95. The molecule has 1 amide bonds. The van der Waals surface area contributed by atoms with Crippen LogP contribution < -0.4 is 0 Å². The van der Waals surface area contributed by atoms with E-state index in [0.29, 0.717) is 19.4 Å². The average molecular weight is 323 g/mol. The van der Waals surface area contributed by atoms with Gasteiger partial charge in [0.25, 0.3) is 0 Å². The number of amides is 1. The average Bonchev–Trinajstić information content (AvgIpc) is 2.44. The first-order valence-electron chi connectivity index (χ1n) is 7.99. The van der Waals surface area contributed by atoms with Crippen LogP contribution in [0.4, 0.5) is 4.79 Å². The van der Waals surface area contributed by atoms with Gasteiger partial charge in [-0.3, -0.25) is 9.97 Å². The van der Waals surface area contributed by atoms with E-state index in [0.717, 1.165) is 17.1 Å². The summed E-state index contributed by atoms with van der Waals surface area (Å²) in [7, 11) is 1.72. The minimum Gasteiger partial charge on any atom is -0.444 e. The summed E-state index contributed by atoms with van der Waals surface area (Å²) in [6, 6.07) is 0. The van der Waals surface area contributed by atoms with E-state index in [1.165, 1.54) is 0 Å². The molecule has 6 heteroatoms. The molecule has 130 valence electrons. The van der Waals surface area contributed by atoms with Crippen molar-refractivity contribution >= 4 is 6.09 Å². The number of hydrogen-bond acceptors (Lipinski definition) is 5. The van der Waals surface area contributed by atoms with E-state index in [2.05, 4.69) is 9.97 Å². The molecule has 1 aromatic heterocycles. The highest BCUT2D eigenvalue weighted by molar-refractivity contribution is 5.67. The number of ether oxygens (including phenoxy) is 1. The molecular formula is C17H29N3O3. The van der Waals surface area contributed by atoms with Crippen LogP contribution in [0.2, 0.25) is 0 Å². The van der Waals surface area contributed by atoms with Gasteiger partial charge >= 0.3 is 6.09 Å². The van der Waals surface area contributed by atoms with E-state index in [1.54, 1.807) is 18.1 Å². The van der Waals surface area contributed by atoms with Gasteiger partial charge in [0.15, 0.2) is 0 Å². The molecule has 23 heavy (non-hydrogen) atoms. The van der Waals surface area contributed by atoms with E-state index in [4.69, 9.17) is 4.74 Å². The maximum atomic E-state index is 12.0. The summed E-state index contributed by atoms with van der Waals surface area (Å²) >= 11 is 0. The van der Waals surface area contributed by atoms with Gasteiger partial charge in [0.1, 0.15) is 5.60 Å². The van der Waals surface area contributed by atoms with Gasteiger partial charge in [0.2, 0.25) is 0 Å². The second kappa shape index (κ2) is 8.24. The molecule has 0 bridgehead atoms. The van der Waals surface area contributed by atoms with Crippen LogP contribution in [0.5, 0.6) is 0 Å². The first-order chi connectivity index (χ1) is 10.6. The lowest BCUT2D eigenvalue weighted by Gasteiger charge is -2.26. The predicted octanol–water partition coefficient (Wildman–Crippen LogP) is 2.82. The Bertz CT molecular complexity index is 526. The van der Waals surface area contributed by atoms with Gasteiger partial charge in [-0.15, -0.1) is 0 Å². The number of carbonyl (C=O) groups is 1. The Kier molecular flexibility index (Phi) is 6.94. The third kappa shape index (κ3) is 6.52. The fraction of sp³-hybridized carbons (Fsp3) is 0.706. The number of carbonyl (C=O) groups excluding carboxylic acids is 1. The molecule has 1 N–H and O–H groups in total. The summed E-state index contributed by atoms with van der Waals surface area (Å²) in [5.74, 6) is 0.0669. The van der Waals surface area contributed by atoms with Crippen molar-refractivity contribution < 1.29 is 14.6 Å². The summed E-state index contributed by atoms with van der Waals surface area (Å²) in [5, 5.41) is 9.33. The molecule has 0 aliphatic carbocycles. The fourth-order valence-electron chi connectivity index (χ4n) is 2.30. The Labute approximate surface area is 138 Å². The van der Waals surface area contributed by atoms with Crippen molar-refractivity contribution in [2.24, 2.45) is 0 Å². The molecule has 1 atom stereocenters. The Morgan fingerprint density at radius 3 is 2.57 bits per heavy atom. The molecule has 1 rings (SSSR count). The minimum absolute atomic E-state index is 0.0669. The molecule has 0 aliphatic rings. The van der Waals surface area contributed by atoms with E-state index in [-0.39, 0.29) is 18.6 Å². The molecule has 0 aromatic carbocycles. The van der Waals surface area contributed by atoms with Gasteiger partial charge in [-0.05, 0) is 47.5 Å². The van der Waals surface area contributed by atoms with Crippen molar-refractivity contribution in [3.8, 4) is 0 Å². The molecule has 0 fully saturated rings. The number of hydrogen-bond donors (Lipinski definition) is 1. The van der Waals surface area contributed by atoms with Crippen LogP contribution >= 0.6 is 0 Å². The molecule has 1 heterocycles.